The Balaban J connectivity index is 1.58. The zero-order valence-corrected chi connectivity index (χ0v) is 12.6. The molecule has 2 aliphatic rings. The maximum absolute atomic E-state index is 4.56. The molecule has 0 radical (unpaired) electrons. The van der Waals surface area contributed by atoms with E-state index < -0.39 is 0 Å². The lowest BCUT2D eigenvalue weighted by Crippen LogP contribution is -2.43. The molecule has 1 N–H and O–H groups in total. The summed E-state index contributed by atoms with van der Waals surface area (Å²) in [6, 6.07) is 2.93. The second-order valence-corrected chi connectivity index (χ2v) is 6.57. The molecule has 0 aromatic carbocycles. The molecule has 1 aliphatic heterocycles. The number of rotatable bonds is 2. The minimum atomic E-state index is 0.678. The molecule has 2 aromatic heterocycles. The molecule has 112 valence electrons. The van der Waals surface area contributed by atoms with Gasteiger partial charge in [0.25, 0.3) is 0 Å². The Kier molecular flexibility index (Phi) is 3.30. The molecule has 1 saturated carbocycles. The number of hydrogen-bond donors (Lipinski definition) is 1. The van der Waals surface area contributed by atoms with E-state index in [1.54, 1.807) is 6.33 Å². The van der Waals surface area contributed by atoms with Gasteiger partial charge in [-0.25, -0.2) is 9.97 Å². The third kappa shape index (κ3) is 2.39. The average Bonchev–Trinajstić information content (AvgIpc) is 2.81. The first-order chi connectivity index (χ1) is 10.3. The van der Waals surface area contributed by atoms with Crippen molar-refractivity contribution < 1.29 is 0 Å². The van der Waals surface area contributed by atoms with Crippen molar-refractivity contribution in [1.82, 2.24) is 19.9 Å². The van der Waals surface area contributed by atoms with Crippen LogP contribution in [0.2, 0.25) is 0 Å². The average molecular weight is 285 g/mol. The lowest BCUT2D eigenvalue weighted by atomic mass is 9.91. The highest BCUT2D eigenvalue weighted by molar-refractivity contribution is 5.87. The van der Waals surface area contributed by atoms with Gasteiger partial charge in [0, 0.05) is 38.4 Å². The lowest BCUT2D eigenvalue weighted by Gasteiger charge is -2.37. The van der Waals surface area contributed by atoms with Crippen molar-refractivity contribution in [2.45, 2.75) is 32.2 Å². The standard InChI is InChI=1S/C16H23N5/c1-12-9-20(13-3-2-4-13)7-8-21(10-12)16-14-5-6-17-15(14)18-11-19-16/h5-6,11-13H,2-4,7-10H2,1H3,(H,17,18,19). The van der Waals surface area contributed by atoms with Gasteiger partial charge in [-0.2, -0.15) is 0 Å². The largest absolute Gasteiger partial charge is 0.354 e. The van der Waals surface area contributed by atoms with Gasteiger partial charge in [0.15, 0.2) is 0 Å². The van der Waals surface area contributed by atoms with Crippen LogP contribution in [0.15, 0.2) is 18.6 Å². The maximum Gasteiger partial charge on any atom is 0.142 e. The second-order valence-electron chi connectivity index (χ2n) is 6.57. The Morgan fingerprint density at radius 3 is 2.90 bits per heavy atom. The van der Waals surface area contributed by atoms with Crippen LogP contribution in [-0.4, -0.2) is 52.1 Å². The fraction of sp³-hybridized carbons (Fsp3) is 0.625. The zero-order valence-electron chi connectivity index (χ0n) is 12.6. The first-order valence-corrected chi connectivity index (χ1v) is 8.08. The first kappa shape index (κ1) is 13.1. The van der Waals surface area contributed by atoms with Crippen LogP contribution >= 0.6 is 0 Å². The maximum atomic E-state index is 4.56. The lowest BCUT2D eigenvalue weighted by molar-refractivity contribution is 0.124. The second kappa shape index (κ2) is 5.30. The Bertz CT molecular complexity index is 618. The van der Waals surface area contributed by atoms with E-state index in [1.807, 2.05) is 6.20 Å². The van der Waals surface area contributed by atoms with Crippen LogP contribution in [0.5, 0.6) is 0 Å². The SMILES string of the molecule is CC1CN(c2ncnc3[nH]ccc23)CCN(C2CCC2)C1. The first-order valence-electron chi connectivity index (χ1n) is 8.08. The third-order valence-electron chi connectivity index (χ3n) is 4.96. The summed E-state index contributed by atoms with van der Waals surface area (Å²) in [5.41, 5.74) is 0.938. The summed E-state index contributed by atoms with van der Waals surface area (Å²) in [6.07, 6.45) is 7.82. The smallest absolute Gasteiger partial charge is 0.142 e. The van der Waals surface area contributed by atoms with Gasteiger partial charge in [-0.15, -0.1) is 0 Å². The van der Waals surface area contributed by atoms with Crippen LogP contribution in [-0.2, 0) is 0 Å². The highest BCUT2D eigenvalue weighted by Crippen LogP contribution is 2.29. The van der Waals surface area contributed by atoms with Crippen molar-refractivity contribution in [3.8, 4) is 0 Å². The predicted octanol–water partition coefficient (Wildman–Crippen LogP) is 2.27. The normalized spacial score (nSPS) is 25.0. The number of nitrogens with zero attached hydrogens (tertiary/aromatic N) is 4. The van der Waals surface area contributed by atoms with E-state index in [0.29, 0.717) is 5.92 Å². The molecule has 5 heteroatoms. The summed E-state index contributed by atoms with van der Waals surface area (Å²) in [6.45, 7) is 6.89. The number of anilines is 1. The summed E-state index contributed by atoms with van der Waals surface area (Å²) >= 11 is 0. The Morgan fingerprint density at radius 1 is 1.19 bits per heavy atom. The van der Waals surface area contributed by atoms with Crippen LogP contribution < -0.4 is 4.90 Å². The summed E-state index contributed by atoms with van der Waals surface area (Å²) < 4.78 is 0. The minimum Gasteiger partial charge on any atom is -0.354 e. The third-order valence-corrected chi connectivity index (χ3v) is 4.96. The van der Waals surface area contributed by atoms with Gasteiger partial charge in [0.1, 0.15) is 17.8 Å². The summed E-state index contributed by atoms with van der Waals surface area (Å²) in [5, 5.41) is 1.14. The van der Waals surface area contributed by atoms with Crippen molar-refractivity contribution in [3.63, 3.8) is 0 Å². The number of aromatic nitrogens is 3. The Morgan fingerprint density at radius 2 is 2.10 bits per heavy atom. The quantitative estimate of drug-likeness (QED) is 0.919. The van der Waals surface area contributed by atoms with Crippen LogP contribution in [0, 0.1) is 5.92 Å². The molecular formula is C16H23N5. The minimum absolute atomic E-state index is 0.678. The monoisotopic (exact) mass is 285 g/mol. The molecule has 0 bridgehead atoms. The molecule has 1 unspecified atom stereocenters. The van der Waals surface area contributed by atoms with Crippen LogP contribution in [0.3, 0.4) is 0 Å². The molecule has 3 heterocycles. The van der Waals surface area contributed by atoms with Gasteiger partial charge in [-0.1, -0.05) is 13.3 Å². The summed E-state index contributed by atoms with van der Waals surface area (Å²) in [5.74, 6) is 1.76. The van der Waals surface area contributed by atoms with Crippen LogP contribution in [0.4, 0.5) is 5.82 Å². The molecule has 0 amide bonds. The molecule has 1 atom stereocenters. The summed E-state index contributed by atoms with van der Waals surface area (Å²) in [4.78, 5) is 17.2. The number of nitrogens with one attached hydrogen (secondary N) is 1. The van der Waals surface area contributed by atoms with Gasteiger partial charge < -0.3 is 9.88 Å². The van der Waals surface area contributed by atoms with Crippen molar-refractivity contribution in [2.24, 2.45) is 5.92 Å². The van der Waals surface area contributed by atoms with Crippen LogP contribution in [0.1, 0.15) is 26.2 Å². The fourth-order valence-electron chi connectivity index (χ4n) is 3.65. The number of fused-ring (bicyclic) bond motifs is 1. The molecule has 5 nitrogen and oxygen atoms in total. The molecule has 2 fully saturated rings. The molecular weight excluding hydrogens is 262 g/mol. The molecule has 2 aromatic rings. The van der Waals surface area contributed by atoms with Crippen molar-refractivity contribution in [2.75, 3.05) is 31.1 Å². The van der Waals surface area contributed by atoms with E-state index in [-0.39, 0.29) is 0 Å². The molecule has 1 aliphatic carbocycles. The molecule has 1 saturated heterocycles. The van der Waals surface area contributed by atoms with E-state index in [2.05, 4.69) is 37.7 Å². The van der Waals surface area contributed by atoms with Gasteiger partial charge in [0.05, 0.1) is 5.39 Å². The molecule has 21 heavy (non-hydrogen) atoms. The Hall–Kier alpha value is -1.62. The molecule has 0 spiro atoms. The summed E-state index contributed by atoms with van der Waals surface area (Å²) in [7, 11) is 0. The number of H-pyrrole nitrogens is 1. The van der Waals surface area contributed by atoms with E-state index in [0.717, 1.165) is 42.5 Å². The van der Waals surface area contributed by atoms with Crippen molar-refractivity contribution in [1.29, 1.82) is 0 Å². The predicted molar refractivity (Wildman–Crippen MR) is 84.5 cm³/mol. The van der Waals surface area contributed by atoms with E-state index in [4.69, 9.17) is 0 Å². The zero-order chi connectivity index (χ0) is 14.2. The topological polar surface area (TPSA) is 48.1 Å². The van der Waals surface area contributed by atoms with Crippen LogP contribution in [0.25, 0.3) is 11.0 Å². The van der Waals surface area contributed by atoms with E-state index in [9.17, 15) is 0 Å². The van der Waals surface area contributed by atoms with Crippen molar-refractivity contribution in [3.05, 3.63) is 18.6 Å². The van der Waals surface area contributed by atoms with Gasteiger partial charge in [-0.05, 0) is 24.8 Å². The molecule has 4 rings (SSSR count). The van der Waals surface area contributed by atoms with E-state index in [1.165, 1.54) is 25.8 Å². The van der Waals surface area contributed by atoms with E-state index >= 15 is 0 Å². The Labute approximate surface area is 125 Å². The van der Waals surface area contributed by atoms with Crippen molar-refractivity contribution >= 4 is 16.9 Å². The number of hydrogen-bond acceptors (Lipinski definition) is 4. The highest BCUT2D eigenvalue weighted by Gasteiger charge is 2.29. The van der Waals surface area contributed by atoms with Gasteiger partial charge in [-0.3, -0.25) is 4.90 Å². The van der Waals surface area contributed by atoms with Gasteiger partial charge >= 0.3 is 0 Å². The number of aromatic amines is 1. The van der Waals surface area contributed by atoms with Gasteiger partial charge in [0.2, 0.25) is 0 Å². The highest BCUT2D eigenvalue weighted by atomic mass is 15.3. The fourth-order valence-corrected chi connectivity index (χ4v) is 3.65.